The normalized spacial score (nSPS) is 18.2. The molecule has 23 N–H and O–H groups in total. The molecule has 129 heavy (non-hydrogen) atoms. The van der Waals surface area contributed by atoms with Crippen molar-refractivity contribution in [3.63, 3.8) is 0 Å². The van der Waals surface area contributed by atoms with E-state index in [1.54, 1.807) is 113 Å². The summed E-state index contributed by atoms with van der Waals surface area (Å²) >= 11 is 5.36. The first-order valence-electron chi connectivity index (χ1n) is 40.6. The molecule has 0 bridgehead atoms. The number of hydrogen-bond acceptors (Lipinski definition) is 30. The third-order valence-electron chi connectivity index (χ3n) is 19.4. The first-order valence-corrected chi connectivity index (χ1v) is 43.5. The number of hydrogen-bond donors (Lipinski definition) is 23. The van der Waals surface area contributed by atoms with Crippen molar-refractivity contribution in [3.05, 3.63) is 132 Å². The molecule has 10 amide bonds. The lowest BCUT2D eigenvalue weighted by atomic mass is 10.0. The third kappa shape index (κ3) is 38.4. The Bertz CT molecular complexity index is 4650. The van der Waals surface area contributed by atoms with Crippen molar-refractivity contribution < 1.29 is 132 Å². The summed E-state index contributed by atoms with van der Waals surface area (Å²) in [5.74, 6) is -18.4. The Kier molecular flexibility index (Phi) is 43.5. The van der Waals surface area contributed by atoms with E-state index in [2.05, 4.69) is 79.2 Å². The number of rotatable bonds is 45. The number of phenols is 1. The Morgan fingerprint density at radius 2 is 1.18 bits per heavy atom. The Morgan fingerprint density at radius 3 is 1.78 bits per heavy atom. The zero-order valence-corrected chi connectivity index (χ0v) is 73.9. The maximum absolute atomic E-state index is 15.3. The summed E-state index contributed by atoms with van der Waals surface area (Å²) in [7, 11) is 1.55. The number of phenolic OH excluding ortho intramolecular Hbond substituents is 1. The number of aliphatic hydroxyl groups is 2. The van der Waals surface area contributed by atoms with Crippen LogP contribution in [0.4, 0.5) is 10.5 Å². The van der Waals surface area contributed by atoms with Crippen molar-refractivity contribution in [1.29, 1.82) is 0 Å². The number of unbranched alkanes of at least 4 members (excludes halogenated alkanes) is 1. The van der Waals surface area contributed by atoms with Crippen LogP contribution in [0.1, 0.15) is 89.5 Å². The highest BCUT2D eigenvalue weighted by atomic mass is 33.1. The number of aromatic hydroxyl groups is 1. The van der Waals surface area contributed by atoms with Gasteiger partial charge in [0.1, 0.15) is 60.4 Å². The number of carboxylic acid groups (broad SMARTS) is 5. The molecule has 1 aromatic heterocycles. The van der Waals surface area contributed by atoms with Gasteiger partial charge in [0, 0.05) is 85.3 Å². The molecule has 1 saturated heterocycles. The second-order valence-corrected chi connectivity index (χ2v) is 34.3. The van der Waals surface area contributed by atoms with Gasteiger partial charge in [0.25, 0.3) is 0 Å². The van der Waals surface area contributed by atoms with E-state index in [1.807, 2.05) is 0 Å². The number of alkyl carbamates (subject to hydrolysis) is 1. The van der Waals surface area contributed by atoms with Gasteiger partial charge in [0.2, 0.25) is 53.2 Å². The number of amides is 10. The number of thiocarbonyl (C=S) groups is 1. The number of H-pyrrole nitrogens is 1. The largest absolute Gasteiger partial charge is 0.508 e. The molecule has 0 spiro atoms. The summed E-state index contributed by atoms with van der Waals surface area (Å²) in [5, 5.41) is 119. The van der Waals surface area contributed by atoms with Gasteiger partial charge >= 0.3 is 35.9 Å². The number of aliphatic carboxylic acids is 5. The number of Topliss-reactive ketones (excluding diaryl/α,β-unsaturated/α-hetero) is 1. The number of aromatic amines is 1. The van der Waals surface area contributed by atoms with Crippen LogP contribution in [0.3, 0.4) is 0 Å². The highest BCUT2D eigenvalue weighted by Crippen LogP contribution is 2.26. The van der Waals surface area contributed by atoms with Gasteiger partial charge in [-0.25, -0.2) is 25.3 Å². The van der Waals surface area contributed by atoms with Gasteiger partial charge in [-0.2, -0.15) is 0 Å². The molecule has 6 rings (SSSR count). The van der Waals surface area contributed by atoms with Crippen molar-refractivity contribution in [2.45, 2.75) is 171 Å². The summed E-state index contributed by atoms with van der Waals surface area (Å²) in [6, 6.07) is 11.3. The minimum Gasteiger partial charge on any atom is -0.508 e. The summed E-state index contributed by atoms with van der Waals surface area (Å²) in [5.41, 5.74) is 7.00. The van der Waals surface area contributed by atoms with Crippen molar-refractivity contribution in [2.24, 2.45) is 0 Å². The molecular formula is C82H111N17O27S3. The smallest absolute Gasteiger partial charge is 0.407 e. The van der Waals surface area contributed by atoms with E-state index >= 15 is 19.2 Å². The molecule has 0 aliphatic carbocycles. The lowest BCUT2D eigenvalue weighted by molar-refractivity contribution is -0.277. The SMILES string of the molecule is C[C@@H](O)[C@H](NC(=O)C1CSSCC(NC(=O)C(Cc2ccccc2)NC(=O)CC(=O)CNNCC(=O)NC(=S)Nc2ccc(C[C@H](CN(CC(=O)O)CC(=O)O)N(COO)[C@@H](C)CN(CC(=O)O)CC(=O)O)cc2)C(=O)N[C@@H](Cc2ccc(O)cc2)C(=O)N[C@@H](Cc2c[nH]c3ccccc23)C(=O)N[C@@H](CCCCNC(=O)OC(C)(C)C)C(=O)N[C@@H]([C@@H](C)O)C(=O)N1)C(=O)O. The van der Waals surface area contributed by atoms with E-state index in [0.29, 0.717) is 38.8 Å². The van der Waals surface area contributed by atoms with Gasteiger partial charge in [-0.3, -0.25) is 87.1 Å². The number of benzene rings is 4. The zero-order chi connectivity index (χ0) is 95.2. The fourth-order valence-corrected chi connectivity index (χ4v) is 15.9. The van der Waals surface area contributed by atoms with E-state index < -0.39 is 237 Å². The number of nitrogens with zero attached hydrogens (tertiary/aromatic N) is 3. The van der Waals surface area contributed by atoms with Crippen molar-refractivity contribution >= 4 is 150 Å². The molecule has 1 aliphatic rings. The van der Waals surface area contributed by atoms with Crippen molar-refractivity contribution in [3.8, 4) is 5.75 Å². The maximum Gasteiger partial charge on any atom is 0.407 e. The van der Waals surface area contributed by atoms with E-state index in [9.17, 15) is 104 Å². The Labute approximate surface area is 753 Å². The quantitative estimate of drug-likeness (QED) is 0.00392. The molecule has 1 aliphatic heterocycles. The highest BCUT2D eigenvalue weighted by molar-refractivity contribution is 8.76. The molecule has 4 aromatic carbocycles. The number of aromatic nitrogens is 1. The average Bonchev–Trinajstić information content (AvgIpc) is 1.68. The number of ketones is 1. The number of hydrazine groups is 1. The third-order valence-corrected chi connectivity index (χ3v) is 22.1. The van der Waals surface area contributed by atoms with Crippen molar-refractivity contribution in [2.75, 3.05) is 82.5 Å². The van der Waals surface area contributed by atoms with Gasteiger partial charge in [-0.15, -0.1) is 0 Å². The topological polar surface area (TPSA) is 656 Å². The fourth-order valence-electron chi connectivity index (χ4n) is 13.3. The molecule has 704 valence electrons. The van der Waals surface area contributed by atoms with Crippen LogP contribution in [0.25, 0.3) is 10.9 Å². The second-order valence-electron chi connectivity index (χ2n) is 31.4. The standard InChI is InChI=1S/C82H111N17O27S3/c1-45(36-97(38-66(106)107)39-67(108)109)99(44-125-124)53(37-98(40-68(110)111)41-69(112)113)28-49-19-23-52(24-20-49)87-80(127)94-65(105)35-86-85-34-55(103)32-64(104)88-59(29-48-14-8-7-9-15-48)73(115)92-62-42-128-129-43-63(77(119)96-71(47(3)101)79(121)122)93-78(120)70(46(2)100)95-72(114)58(18-12-13-27-83-81(123)126-82(4,5)6)89-75(117)61(31-51-33-84-57-17-11-10-16-56(51)57)91-74(116)60(90-76(62)118)30-50-21-25-54(102)26-22-50/h7-11,14-17,19-26,33,45-47,53,58-63,70-71,84-86,100-102,124H,12-13,18,27-32,34-44H2,1-6H3,(H,83,123)(H,88,104)(H,89,117)(H,90,118)(H,91,116)(H,92,115)(H,93,120)(H,95,114)(H,96,119)(H,106,107)(H,108,109)(H,110,111)(H,112,113)(H,121,122)(H2,87,94,105,127)/t45-,46+,47+,53+,58-,59?,60-,61-,62?,63?,70-,71-/m0/s1. The first-order chi connectivity index (χ1) is 61.0. The summed E-state index contributed by atoms with van der Waals surface area (Å²) < 4.78 is 5.34. The predicted octanol–water partition coefficient (Wildman–Crippen LogP) is -1.73. The van der Waals surface area contributed by atoms with Crippen LogP contribution in [0, 0.1) is 0 Å². The van der Waals surface area contributed by atoms with Crippen molar-refractivity contribution in [1.82, 2.24) is 83.7 Å². The van der Waals surface area contributed by atoms with Crippen LogP contribution in [-0.2, 0) is 107 Å². The van der Waals surface area contributed by atoms with E-state index in [1.165, 1.54) is 29.2 Å². The number of carbonyl (C=O) groups is 16. The molecule has 5 aromatic rings. The summed E-state index contributed by atoms with van der Waals surface area (Å²) in [6.45, 7) is 3.81. The molecule has 2 heterocycles. The van der Waals surface area contributed by atoms with Crippen LogP contribution in [0.15, 0.2) is 109 Å². The number of para-hydroxylation sites is 1. The Hall–Kier alpha value is -12.0. The number of aliphatic hydroxyl groups excluding tert-OH is 2. The monoisotopic (exact) mass is 1860 g/mol. The second kappa shape index (κ2) is 53.1. The van der Waals surface area contributed by atoms with Crippen LogP contribution in [-0.4, -0.2) is 321 Å². The number of ether oxygens (including phenoxy) is 1. The zero-order valence-electron chi connectivity index (χ0n) is 71.4. The minimum atomic E-state index is -1.96. The summed E-state index contributed by atoms with van der Waals surface area (Å²) in [6.07, 6.45) is -4.38. The molecule has 0 saturated carbocycles. The lowest BCUT2D eigenvalue weighted by Crippen LogP contribution is -2.62. The van der Waals surface area contributed by atoms with Gasteiger partial charge in [0.05, 0.1) is 57.9 Å². The Balaban J connectivity index is 1.23. The van der Waals surface area contributed by atoms with Crippen LogP contribution in [0.5, 0.6) is 5.75 Å². The van der Waals surface area contributed by atoms with Gasteiger partial charge < -0.3 is 109 Å². The number of anilines is 1. The average molecular weight is 1860 g/mol. The molecule has 47 heteroatoms. The number of carbonyl (C=O) groups excluding carboxylic acids is 11. The lowest BCUT2D eigenvalue weighted by Gasteiger charge is -2.39. The van der Waals surface area contributed by atoms with Crippen LogP contribution < -0.4 is 69.3 Å². The molecule has 3 unspecified atom stereocenters. The maximum atomic E-state index is 15.3. The predicted molar refractivity (Wildman–Crippen MR) is 471 cm³/mol. The molecular weight excluding hydrogens is 1750 g/mol. The molecule has 0 radical (unpaired) electrons. The molecule has 44 nitrogen and oxygen atoms in total. The van der Waals surface area contributed by atoms with Crippen LogP contribution in [0.2, 0.25) is 0 Å². The van der Waals surface area contributed by atoms with Gasteiger partial charge in [-0.05, 0) is 132 Å². The van der Waals surface area contributed by atoms with Gasteiger partial charge in [-0.1, -0.05) is 94.4 Å². The number of fused-ring (bicyclic) bond motifs is 1. The molecule has 12 atom stereocenters. The minimum absolute atomic E-state index is 0.0183. The number of carboxylic acids is 5. The Morgan fingerprint density at radius 1 is 0.612 bits per heavy atom. The van der Waals surface area contributed by atoms with E-state index in [-0.39, 0.29) is 75.4 Å². The number of nitrogens with one attached hydrogen (secondary N) is 14. The summed E-state index contributed by atoms with van der Waals surface area (Å²) in [4.78, 5) is 228. The van der Waals surface area contributed by atoms with E-state index in [0.717, 1.165) is 45.2 Å². The molecule has 1 fully saturated rings. The van der Waals surface area contributed by atoms with Gasteiger partial charge in [0.15, 0.2) is 16.9 Å². The first kappa shape index (κ1) is 106. The fraction of sp³-hybridized carbons (Fsp3) is 0.476. The van der Waals surface area contributed by atoms with Crippen LogP contribution >= 0.6 is 33.8 Å². The van der Waals surface area contributed by atoms with E-state index in [4.69, 9.17) is 17.0 Å². The highest BCUT2D eigenvalue weighted by Gasteiger charge is 2.39.